The van der Waals surface area contributed by atoms with E-state index in [1.807, 2.05) is 31.2 Å². The second-order valence-corrected chi connectivity index (χ2v) is 4.81. The Bertz CT molecular complexity index is 603. The number of nitrogens with zero attached hydrogens (tertiary/aromatic N) is 4. The van der Waals surface area contributed by atoms with E-state index in [4.69, 9.17) is 9.47 Å². The van der Waals surface area contributed by atoms with Crippen molar-refractivity contribution in [3.63, 3.8) is 0 Å². The van der Waals surface area contributed by atoms with Crippen LogP contribution in [0.15, 0.2) is 29.4 Å². The summed E-state index contributed by atoms with van der Waals surface area (Å²) in [5, 5.41) is 12.1. The lowest BCUT2D eigenvalue weighted by Gasteiger charge is -2.10. The fraction of sp³-hybridized carbons (Fsp3) is 0.385. The number of hydrogen-bond donors (Lipinski definition) is 0. The number of rotatable bonds is 7. The summed E-state index contributed by atoms with van der Waals surface area (Å²) in [7, 11) is 0. The number of carbonyl (C=O) groups excluding carboxylic acids is 1. The van der Waals surface area contributed by atoms with Crippen LogP contribution in [0.25, 0.3) is 5.69 Å². The molecule has 0 unspecified atom stereocenters. The Morgan fingerprint density at radius 2 is 2.10 bits per heavy atom. The third kappa shape index (κ3) is 3.94. The summed E-state index contributed by atoms with van der Waals surface area (Å²) in [6.07, 6.45) is 0. The first-order valence-electron chi connectivity index (χ1n) is 6.55. The van der Waals surface area contributed by atoms with Gasteiger partial charge in [-0.15, -0.1) is 5.10 Å². The highest BCUT2D eigenvalue weighted by molar-refractivity contribution is 7.99. The predicted molar refractivity (Wildman–Crippen MR) is 77.7 cm³/mol. The molecule has 0 aliphatic heterocycles. The molecule has 21 heavy (non-hydrogen) atoms. The third-order valence-electron chi connectivity index (χ3n) is 2.46. The van der Waals surface area contributed by atoms with Crippen molar-refractivity contribution in [1.29, 1.82) is 0 Å². The molecule has 0 fully saturated rings. The van der Waals surface area contributed by atoms with E-state index in [-0.39, 0.29) is 11.7 Å². The molecular weight excluding hydrogens is 292 g/mol. The van der Waals surface area contributed by atoms with Crippen LogP contribution >= 0.6 is 11.8 Å². The molecule has 7 nitrogen and oxygen atoms in total. The fourth-order valence-electron chi connectivity index (χ4n) is 1.66. The van der Waals surface area contributed by atoms with Crippen molar-refractivity contribution in [3.05, 3.63) is 24.3 Å². The lowest BCUT2D eigenvalue weighted by molar-refractivity contribution is -0.139. The highest BCUT2D eigenvalue weighted by Crippen LogP contribution is 2.25. The SMILES string of the molecule is CCOC(=O)CSc1nnnn1-c1ccccc1OCC. The topological polar surface area (TPSA) is 79.1 Å². The van der Waals surface area contributed by atoms with Crippen molar-refractivity contribution < 1.29 is 14.3 Å². The van der Waals surface area contributed by atoms with Gasteiger partial charge in [0.05, 0.1) is 19.0 Å². The minimum absolute atomic E-state index is 0.158. The molecule has 1 heterocycles. The van der Waals surface area contributed by atoms with Gasteiger partial charge in [-0.1, -0.05) is 23.9 Å². The molecule has 8 heteroatoms. The van der Waals surface area contributed by atoms with Crippen LogP contribution in [-0.2, 0) is 9.53 Å². The maximum absolute atomic E-state index is 11.4. The second-order valence-electron chi connectivity index (χ2n) is 3.87. The summed E-state index contributed by atoms with van der Waals surface area (Å²) in [6.45, 7) is 4.58. The quantitative estimate of drug-likeness (QED) is 0.569. The van der Waals surface area contributed by atoms with Crippen molar-refractivity contribution in [1.82, 2.24) is 20.2 Å². The van der Waals surface area contributed by atoms with E-state index in [0.717, 1.165) is 5.69 Å². The maximum atomic E-state index is 11.4. The zero-order chi connectivity index (χ0) is 15.1. The molecule has 0 bridgehead atoms. The Labute approximate surface area is 126 Å². The van der Waals surface area contributed by atoms with Crippen molar-refractivity contribution in [2.24, 2.45) is 0 Å². The van der Waals surface area contributed by atoms with E-state index in [1.54, 1.807) is 11.6 Å². The first-order chi connectivity index (χ1) is 10.3. The summed E-state index contributed by atoms with van der Waals surface area (Å²) in [5.74, 6) is 0.547. The minimum Gasteiger partial charge on any atom is -0.492 e. The number of hydrogen-bond acceptors (Lipinski definition) is 7. The van der Waals surface area contributed by atoms with Gasteiger partial charge in [-0.2, -0.15) is 4.68 Å². The zero-order valence-electron chi connectivity index (χ0n) is 11.9. The molecule has 0 aliphatic rings. The van der Waals surface area contributed by atoms with Gasteiger partial charge in [-0.25, -0.2) is 0 Å². The molecule has 2 aromatic rings. The summed E-state index contributed by atoms with van der Waals surface area (Å²) < 4.78 is 12.0. The first-order valence-corrected chi connectivity index (χ1v) is 7.53. The number of benzene rings is 1. The lowest BCUT2D eigenvalue weighted by Crippen LogP contribution is -2.08. The van der Waals surface area contributed by atoms with Crippen molar-refractivity contribution >= 4 is 17.7 Å². The minimum atomic E-state index is -0.296. The molecule has 0 radical (unpaired) electrons. The highest BCUT2D eigenvalue weighted by atomic mass is 32.2. The van der Waals surface area contributed by atoms with Gasteiger partial charge in [0.2, 0.25) is 5.16 Å². The van der Waals surface area contributed by atoms with Gasteiger partial charge >= 0.3 is 5.97 Å². The molecule has 0 saturated heterocycles. The van der Waals surface area contributed by atoms with Crippen LogP contribution < -0.4 is 4.74 Å². The normalized spacial score (nSPS) is 10.4. The number of tetrazole rings is 1. The van der Waals surface area contributed by atoms with E-state index in [1.165, 1.54) is 11.8 Å². The molecule has 0 N–H and O–H groups in total. The summed E-state index contributed by atoms with van der Waals surface area (Å²) in [5.41, 5.74) is 0.732. The molecular formula is C13H16N4O3S. The molecule has 2 rings (SSSR count). The van der Waals surface area contributed by atoms with Crippen molar-refractivity contribution in [2.75, 3.05) is 19.0 Å². The van der Waals surface area contributed by atoms with Crippen LogP contribution in [0.4, 0.5) is 0 Å². The Kier molecular flexibility index (Phi) is 5.56. The van der Waals surface area contributed by atoms with Crippen LogP contribution in [0, 0.1) is 0 Å². The van der Waals surface area contributed by atoms with E-state index in [0.29, 0.717) is 24.1 Å². The molecule has 0 spiro atoms. The maximum Gasteiger partial charge on any atom is 0.316 e. The van der Waals surface area contributed by atoms with E-state index in [2.05, 4.69) is 15.5 Å². The van der Waals surface area contributed by atoms with Gasteiger partial charge < -0.3 is 9.47 Å². The zero-order valence-corrected chi connectivity index (χ0v) is 12.7. The highest BCUT2D eigenvalue weighted by Gasteiger charge is 2.14. The number of para-hydroxylation sites is 2. The third-order valence-corrected chi connectivity index (χ3v) is 3.35. The van der Waals surface area contributed by atoms with Crippen molar-refractivity contribution in [3.8, 4) is 11.4 Å². The molecule has 0 atom stereocenters. The second kappa shape index (κ2) is 7.63. The first kappa shape index (κ1) is 15.3. The van der Waals surface area contributed by atoms with E-state index < -0.39 is 0 Å². The van der Waals surface area contributed by atoms with Crippen LogP contribution in [0.1, 0.15) is 13.8 Å². The Hall–Kier alpha value is -2.09. The number of thioether (sulfide) groups is 1. The van der Waals surface area contributed by atoms with E-state index >= 15 is 0 Å². The summed E-state index contributed by atoms with van der Waals surface area (Å²) >= 11 is 1.22. The number of aromatic nitrogens is 4. The van der Waals surface area contributed by atoms with Crippen molar-refractivity contribution in [2.45, 2.75) is 19.0 Å². The fourth-order valence-corrected chi connectivity index (χ4v) is 2.34. The standard InChI is InChI=1S/C13H16N4O3S/c1-3-19-11-8-6-5-7-10(11)17-13(14-15-16-17)21-9-12(18)20-4-2/h5-8H,3-4,9H2,1-2H3. The summed E-state index contributed by atoms with van der Waals surface area (Å²) in [4.78, 5) is 11.4. The van der Waals surface area contributed by atoms with Crippen LogP contribution in [0.2, 0.25) is 0 Å². The Morgan fingerprint density at radius 1 is 1.29 bits per heavy atom. The average molecular weight is 308 g/mol. The predicted octanol–water partition coefficient (Wildman–Crippen LogP) is 1.72. The molecule has 1 aromatic heterocycles. The Morgan fingerprint density at radius 3 is 2.86 bits per heavy atom. The van der Waals surface area contributed by atoms with Crippen LogP contribution in [0.3, 0.4) is 0 Å². The largest absolute Gasteiger partial charge is 0.492 e. The monoisotopic (exact) mass is 308 g/mol. The molecule has 112 valence electrons. The molecule has 0 amide bonds. The van der Waals surface area contributed by atoms with Crippen LogP contribution in [0.5, 0.6) is 5.75 Å². The molecule has 0 saturated carbocycles. The van der Waals surface area contributed by atoms with Gasteiger partial charge in [-0.05, 0) is 36.4 Å². The molecule has 0 aliphatic carbocycles. The van der Waals surface area contributed by atoms with Gasteiger partial charge in [0.15, 0.2) is 0 Å². The van der Waals surface area contributed by atoms with Gasteiger partial charge in [0.1, 0.15) is 11.4 Å². The van der Waals surface area contributed by atoms with E-state index in [9.17, 15) is 4.79 Å². The Balaban J connectivity index is 2.18. The van der Waals surface area contributed by atoms with Gasteiger partial charge in [-0.3, -0.25) is 4.79 Å². The average Bonchev–Trinajstić information content (AvgIpc) is 2.95. The van der Waals surface area contributed by atoms with Crippen LogP contribution in [-0.4, -0.2) is 45.1 Å². The molecule has 1 aromatic carbocycles. The van der Waals surface area contributed by atoms with Gasteiger partial charge in [0, 0.05) is 0 Å². The lowest BCUT2D eigenvalue weighted by atomic mass is 10.3. The number of carbonyl (C=O) groups is 1. The number of ether oxygens (including phenoxy) is 2. The smallest absolute Gasteiger partial charge is 0.316 e. The van der Waals surface area contributed by atoms with Gasteiger partial charge in [0.25, 0.3) is 0 Å². The number of esters is 1. The summed E-state index contributed by atoms with van der Waals surface area (Å²) in [6, 6.07) is 7.46.